The van der Waals surface area contributed by atoms with E-state index in [1.165, 1.54) is 12.1 Å². The molecule has 6 nitrogen and oxygen atoms in total. The van der Waals surface area contributed by atoms with Crippen molar-refractivity contribution in [3.8, 4) is 0 Å². The summed E-state index contributed by atoms with van der Waals surface area (Å²) in [4.78, 5) is 17.5. The molecule has 1 aliphatic rings. The number of sulfonamides is 1. The summed E-state index contributed by atoms with van der Waals surface area (Å²) in [6, 6.07) is 23.2. The van der Waals surface area contributed by atoms with E-state index in [9.17, 15) is 13.2 Å². The fourth-order valence-corrected chi connectivity index (χ4v) is 4.96. The number of carbonyl (C=O) groups is 1. The molecule has 1 heterocycles. The number of anilines is 1. The minimum Gasteiger partial charge on any atom is -0.329 e. The Hall–Kier alpha value is -3.16. The molecular weight excluding hydrogens is 422 g/mol. The maximum absolute atomic E-state index is 13.3. The molecule has 1 fully saturated rings. The lowest BCUT2D eigenvalue weighted by atomic mass is 10.0. The molecule has 0 aliphatic carbocycles. The number of nitrogens with one attached hydrogen (secondary N) is 1. The molecule has 1 saturated heterocycles. The first-order valence-electron chi connectivity index (χ1n) is 10.6. The zero-order valence-corrected chi connectivity index (χ0v) is 19.0. The Morgan fingerprint density at radius 2 is 1.56 bits per heavy atom. The molecule has 0 saturated carbocycles. The number of nitrogens with zero attached hydrogens (tertiary/aromatic N) is 2. The SMILES string of the molecule is Cc1ccc(NS(=O)(=O)c2ccc(C(=O)N3CCN(C)CC3c3ccccc3)cc2)cc1. The number of rotatable bonds is 5. The van der Waals surface area contributed by atoms with Gasteiger partial charge in [0.05, 0.1) is 10.9 Å². The Morgan fingerprint density at radius 3 is 2.22 bits per heavy atom. The van der Waals surface area contributed by atoms with Gasteiger partial charge in [-0.15, -0.1) is 0 Å². The van der Waals surface area contributed by atoms with Gasteiger partial charge >= 0.3 is 0 Å². The molecule has 0 bridgehead atoms. The predicted molar refractivity (Wildman–Crippen MR) is 126 cm³/mol. The first-order valence-corrected chi connectivity index (χ1v) is 12.1. The smallest absolute Gasteiger partial charge is 0.261 e. The fourth-order valence-electron chi connectivity index (χ4n) is 3.90. The van der Waals surface area contributed by atoms with E-state index in [0.29, 0.717) is 17.8 Å². The maximum atomic E-state index is 13.3. The fraction of sp³-hybridized carbons (Fsp3) is 0.240. The van der Waals surface area contributed by atoms with Crippen molar-refractivity contribution in [2.45, 2.75) is 17.9 Å². The quantitative estimate of drug-likeness (QED) is 0.641. The molecule has 0 spiro atoms. The van der Waals surface area contributed by atoms with Gasteiger partial charge in [-0.2, -0.15) is 0 Å². The van der Waals surface area contributed by atoms with E-state index in [-0.39, 0.29) is 16.8 Å². The lowest BCUT2D eigenvalue weighted by Crippen LogP contribution is -2.49. The van der Waals surface area contributed by atoms with Crippen LogP contribution in [0.25, 0.3) is 0 Å². The van der Waals surface area contributed by atoms with Gasteiger partial charge in [0.2, 0.25) is 0 Å². The highest BCUT2D eigenvalue weighted by molar-refractivity contribution is 7.92. The van der Waals surface area contributed by atoms with Crippen LogP contribution in [0.1, 0.15) is 27.5 Å². The molecule has 166 valence electrons. The van der Waals surface area contributed by atoms with Gasteiger partial charge in [-0.3, -0.25) is 9.52 Å². The number of amides is 1. The zero-order chi connectivity index (χ0) is 22.7. The molecule has 3 aromatic carbocycles. The van der Waals surface area contributed by atoms with Crippen LogP contribution in [0.5, 0.6) is 0 Å². The van der Waals surface area contributed by atoms with E-state index >= 15 is 0 Å². The van der Waals surface area contributed by atoms with Crippen molar-refractivity contribution in [2.24, 2.45) is 0 Å². The van der Waals surface area contributed by atoms with Gasteiger partial charge in [-0.05, 0) is 55.9 Å². The van der Waals surface area contributed by atoms with Gasteiger partial charge in [0.15, 0.2) is 0 Å². The van der Waals surface area contributed by atoms with Crippen molar-refractivity contribution in [1.82, 2.24) is 9.80 Å². The molecule has 1 amide bonds. The number of aryl methyl sites for hydroxylation is 1. The van der Waals surface area contributed by atoms with Gasteiger partial charge in [0.1, 0.15) is 0 Å². The van der Waals surface area contributed by atoms with E-state index in [1.807, 2.05) is 54.3 Å². The van der Waals surface area contributed by atoms with E-state index in [4.69, 9.17) is 0 Å². The molecule has 3 aromatic rings. The van der Waals surface area contributed by atoms with Gasteiger partial charge < -0.3 is 9.80 Å². The highest BCUT2D eigenvalue weighted by atomic mass is 32.2. The molecule has 4 rings (SSSR count). The molecule has 0 aromatic heterocycles. The lowest BCUT2D eigenvalue weighted by Gasteiger charge is -2.40. The standard InChI is InChI=1S/C25H27N3O3S/c1-19-8-12-22(13-9-19)26-32(30,31)23-14-10-21(11-15-23)25(29)28-17-16-27(2)18-24(28)20-6-4-3-5-7-20/h3-15,24,26H,16-18H2,1-2H3. The Balaban J connectivity index is 1.53. The van der Waals surface area contributed by atoms with Crippen LogP contribution in [0.2, 0.25) is 0 Å². The first kappa shape index (κ1) is 22.0. The number of hydrogen-bond donors (Lipinski definition) is 1. The molecular formula is C25H27N3O3S. The minimum atomic E-state index is -3.74. The molecule has 1 N–H and O–H groups in total. The molecule has 0 radical (unpaired) electrons. The van der Waals surface area contributed by atoms with Crippen molar-refractivity contribution in [3.63, 3.8) is 0 Å². The van der Waals surface area contributed by atoms with Crippen molar-refractivity contribution in [2.75, 3.05) is 31.4 Å². The van der Waals surface area contributed by atoms with Crippen LogP contribution >= 0.6 is 0 Å². The summed E-state index contributed by atoms with van der Waals surface area (Å²) in [7, 11) is -1.68. The van der Waals surface area contributed by atoms with Crippen molar-refractivity contribution < 1.29 is 13.2 Å². The second-order valence-electron chi connectivity index (χ2n) is 8.18. The monoisotopic (exact) mass is 449 g/mol. The highest BCUT2D eigenvalue weighted by Gasteiger charge is 2.31. The summed E-state index contributed by atoms with van der Waals surface area (Å²) in [5, 5.41) is 0. The van der Waals surface area contributed by atoms with E-state index < -0.39 is 10.0 Å². The third-order valence-electron chi connectivity index (χ3n) is 5.74. The summed E-state index contributed by atoms with van der Waals surface area (Å²) in [6.45, 7) is 4.10. The van der Waals surface area contributed by atoms with Crippen LogP contribution in [0, 0.1) is 6.92 Å². The van der Waals surface area contributed by atoms with Crippen LogP contribution in [-0.2, 0) is 10.0 Å². The minimum absolute atomic E-state index is 0.0472. The van der Waals surface area contributed by atoms with Gasteiger partial charge in [-0.1, -0.05) is 48.0 Å². The van der Waals surface area contributed by atoms with E-state index in [1.54, 1.807) is 24.3 Å². The summed E-state index contributed by atoms with van der Waals surface area (Å²) in [5.74, 6) is -0.0950. The lowest BCUT2D eigenvalue weighted by molar-refractivity contribution is 0.0498. The van der Waals surface area contributed by atoms with Crippen LogP contribution in [0.4, 0.5) is 5.69 Å². The van der Waals surface area contributed by atoms with Crippen molar-refractivity contribution >= 4 is 21.6 Å². The molecule has 1 unspecified atom stereocenters. The topological polar surface area (TPSA) is 69.7 Å². The third-order valence-corrected chi connectivity index (χ3v) is 7.14. The average Bonchev–Trinajstić information content (AvgIpc) is 2.80. The number of piperazine rings is 1. The zero-order valence-electron chi connectivity index (χ0n) is 18.2. The summed E-state index contributed by atoms with van der Waals surface area (Å²) >= 11 is 0. The molecule has 1 aliphatic heterocycles. The third kappa shape index (κ3) is 4.84. The Labute approximate surface area is 189 Å². The van der Waals surface area contributed by atoms with Gasteiger partial charge in [0.25, 0.3) is 15.9 Å². The van der Waals surface area contributed by atoms with E-state index in [0.717, 1.165) is 24.2 Å². The molecule has 32 heavy (non-hydrogen) atoms. The van der Waals surface area contributed by atoms with Gasteiger partial charge in [0, 0.05) is 30.9 Å². The highest BCUT2D eigenvalue weighted by Crippen LogP contribution is 2.27. The predicted octanol–water partition coefficient (Wildman–Crippen LogP) is 3.92. The van der Waals surface area contributed by atoms with Crippen LogP contribution in [0.3, 0.4) is 0 Å². The Morgan fingerprint density at radius 1 is 0.906 bits per heavy atom. The largest absolute Gasteiger partial charge is 0.329 e. The summed E-state index contributed by atoms with van der Waals surface area (Å²) < 4.78 is 28.0. The van der Waals surface area contributed by atoms with E-state index in [2.05, 4.69) is 16.7 Å². The van der Waals surface area contributed by atoms with Crippen molar-refractivity contribution in [3.05, 3.63) is 95.6 Å². The molecule has 1 atom stereocenters. The van der Waals surface area contributed by atoms with Gasteiger partial charge in [-0.25, -0.2) is 8.42 Å². The van der Waals surface area contributed by atoms with Crippen LogP contribution < -0.4 is 4.72 Å². The molecule has 7 heteroatoms. The van der Waals surface area contributed by atoms with Crippen LogP contribution in [0.15, 0.2) is 83.8 Å². The Kier molecular flexibility index (Phi) is 6.30. The number of benzene rings is 3. The number of hydrogen-bond acceptors (Lipinski definition) is 4. The maximum Gasteiger partial charge on any atom is 0.261 e. The number of carbonyl (C=O) groups excluding carboxylic acids is 1. The normalized spacial score (nSPS) is 17.2. The average molecular weight is 450 g/mol. The second kappa shape index (κ2) is 9.14. The first-order chi connectivity index (χ1) is 15.3. The van der Waals surface area contributed by atoms with Crippen LogP contribution in [-0.4, -0.2) is 50.8 Å². The summed E-state index contributed by atoms with van der Waals surface area (Å²) in [6.07, 6.45) is 0. The van der Waals surface area contributed by atoms with Crippen molar-refractivity contribution in [1.29, 1.82) is 0 Å². The summed E-state index contributed by atoms with van der Waals surface area (Å²) in [5.41, 5.74) is 3.12. The second-order valence-corrected chi connectivity index (χ2v) is 9.87. The number of likely N-dealkylation sites (N-methyl/N-ethyl adjacent to an activating group) is 1. The Bertz CT molecular complexity index is 1180.